The lowest BCUT2D eigenvalue weighted by atomic mass is 10.1. The number of aromatic nitrogens is 3. The van der Waals surface area contributed by atoms with Crippen molar-refractivity contribution in [2.75, 3.05) is 19.0 Å². The summed E-state index contributed by atoms with van der Waals surface area (Å²) >= 11 is 1.79. The smallest absolute Gasteiger partial charge is 0.162 e. The van der Waals surface area contributed by atoms with Crippen molar-refractivity contribution < 1.29 is 9.47 Å². The number of benzene rings is 1. The van der Waals surface area contributed by atoms with Gasteiger partial charge >= 0.3 is 0 Å². The van der Waals surface area contributed by atoms with E-state index in [4.69, 9.17) is 9.47 Å². The van der Waals surface area contributed by atoms with Gasteiger partial charge in [0, 0.05) is 11.3 Å². The number of rotatable bonds is 5. The average Bonchev–Trinajstić information content (AvgIpc) is 3.13. The molecule has 1 aromatic heterocycles. The SMILES string of the molecule is CCOc1ccccc1C1(Cn2cncn2)OCCS1. The van der Waals surface area contributed by atoms with Crippen LogP contribution in [0, 0.1) is 0 Å². The van der Waals surface area contributed by atoms with Gasteiger partial charge < -0.3 is 9.47 Å². The van der Waals surface area contributed by atoms with Crippen LogP contribution in [0.3, 0.4) is 0 Å². The highest BCUT2D eigenvalue weighted by Crippen LogP contribution is 2.46. The highest BCUT2D eigenvalue weighted by atomic mass is 32.2. The van der Waals surface area contributed by atoms with E-state index in [1.807, 2.05) is 25.1 Å². The molecule has 0 amide bonds. The maximum absolute atomic E-state index is 6.08. The van der Waals surface area contributed by atoms with Crippen LogP contribution in [-0.2, 0) is 16.2 Å². The van der Waals surface area contributed by atoms with E-state index in [2.05, 4.69) is 16.1 Å². The lowest BCUT2D eigenvalue weighted by Gasteiger charge is -2.29. The first-order valence-electron chi connectivity index (χ1n) is 6.67. The Morgan fingerprint density at radius 2 is 2.35 bits per heavy atom. The molecule has 0 saturated carbocycles. The molecule has 106 valence electrons. The highest BCUT2D eigenvalue weighted by molar-refractivity contribution is 8.00. The van der Waals surface area contributed by atoms with Crippen LogP contribution in [0.2, 0.25) is 0 Å². The molecular weight excluding hydrogens is 274 g/mol. The summed E-state index contributed by atoms with van der Waals surface area (Å²) in [5, 5.41) is 4.20. The average molecular weight is 291 g/mol. The number of hydrogen-bond acceptors (Lipinski definition) is 5. The molecule has 2 heterocycles. The molecule has 0 spiro atoms. The predicted octanol–water partition coefficient (Wildman–Crippen LogP) is 2.29. The minimum atomic E-state index is -0.445. The second kappa shape index (κ2) is 5.85. The number of hydrogen-bond donors (Lipinski definition) is 0. The lowest BCUT2D eigenvalue weighted by molar-refractivity contribution is 0.0309. The Bertz CT molecular complexity index is 553. The second-order valence-corrected chi connectivity index (χ2v) is 5.83. The molecular formula is C14H17N3O2S. The molecule has 0 radical (unpaired) electrons. The van der Waals surface area contributed by atoms with E-state index in [1.54, 1.807) is 29.1 Å². The number of ether oxygens (including phenoxy) is 2. The Kier molecular flexibility index (Phi) is 3.93. The van der Waals surface area contributed by atoms with Crippen LogP contribution in [0.4, 0.5) is 0 Å². The fourth-order valence-corrected chi connectivity index (χ4v) is 3.59. The molecule has 5 nitrogen and oxygen atoms in total. The molecule has 0 aliphatic carbocycles. The molecule has 6 heteroatoms. The maximum Gasteiger partial charge on any atom is 0.162 e. The number of para-hydroxylation sites is 1. The second-order valence-electron chi connectivity index (χ2n) is 4.47. The fourth-order valence-electron chi connectivity index (χ4n) is 2.38. The molecule has 20 heavy (non-hydrogen) atoms. The first-order chi connectivity index (χ1) is 9.84. The van der Waals surface area contributed by atoms with Crippen LogP contribution in [0.15, 0.2) is 36.9 Å². The van der Waals surface area contributed by atoms with Crippen molar-refractivity contribution in [2.24, 2.45) is 0 Å². The standard InChI is InChI=1S/C14H17N3O2S/c1-2-18-13-6-4-3-5-12(13)14(19-7-8-20-14)9-17-11-15-10-16-17/h3-6,10-11H,2,7-9H2,1H3. The van der Waals surface area contributed by atoms with Gasteiger partial charge in [-0.2, -0.15) is 5.10 Å². The third-order valence-electron chi connectivity index (χ3n) is 3.19. The molecule has 1 unspecified atom stereocenters. The van der Waals surface area contributed by atoms with Crippen molar-refractivity contribution in [1.82, 2.24) is 14.8 Å². The van der Waals surface area contributed by atoms with Gasteiger partial charge in [-0.25, -0.2) is 9.67 Å². The van der Waals surface area contributed by atoms with E-state index < -0.39 is 4.93 Å². The van der Waals surface area contributed by atoms with Crippen molar-refractivity contribution in [3.8, 4) is 5.75 Å². The molecule has 1 aromatic carbocycles. The summed E-state index contributed by atoms with van der Waals surface area (Å²) in [6.07, 6.45) is 3.26. The Morgan fingerprint density at radius 3 is 3.05 bits per heavy atom. The molecule has 1 fully saturated rings. The van der Waals surface area contributed by atoms with E-state index >= 15 is 0 Å². The molecule has 0 bridgehead atoms. The topological polar surface area (TPSA) is 49.2 Å². The predicted molar refractivity (Wildman–Crippen MR) is 77.7 cm³/mol. The lowest BCUT2D eigenvalue weighted by Crippen LogP contribution is -2.29. The molecule has 0 N–H and O–H groups in total. The summed E-state index contributed by atoms with van der Waals surface area (Å²) < 4.78 is 13.6. The quantitative estimate of drug-likeness (QED) is 0.846. The van der Waals surface area contributed by atoms with Crippen LogP contribution in [0.5, 0.6) is 5.75 Å². The molecule has 2 aromatic rings. The number of thioether (sulfide) groups is 1. The van der Waals surface area contributed by atoms with Gasteiger partial charge in [0.1, 0.15) is 18.4 Å². The Morgan fingerprint density at radius 1 is 1.45 bits per heavy atom. The van der Waals surface area contributed by atoms with Gasteiger partial charge in [0.15, 0.2) is 4.93 Å². The Labute approximate surface area is 122 Å². The van der Waals surface area contributed by atoms with Gasteiger partial charge in [0.05, 0.1) is 19.8 Å². The molecule has 1 saturated heterocycles. The van der Waals surface area contributed by atoms with Gasteiger partial charge in [-0.15, -0.1) is 11.8 Å². The summed E-state index contributed by atoms with van der Waals surface area (Å²) in [5.74, 6) is 1.85. The zero-order chi connectivity index (χ0) is 13.8. The van der Waals surface area contributed by atoms with E-state index in [9.17, 15) is 0 Å². The van der Waals surface area contributed by atoms with E-state index in [0.29, 0.717) is 13.2 Å². The van der Waals surface area contributed by atoms with Crippen LogP contribution in [0.1, 0.15) is 12.5 Å². The first-order valence-corrected chi connectivity index (χ1v) is 7.65. The van der Waals surface area contributed by atoms with Crippen molar-refractivity contribution >= 4 is 11.8 Å². The van der Waals surface area contributed by atoms with Gasteiger partial charge in [0.2, 0.25) is 0 Å². The first kappa shape index (κ1) is 13.5. The summed E-state index contributed by atoms with van der Waals surface area (Å²) in [6.45, 7) is 3.99. The third-order valence-corrected chi connectivity index (χ3v) is 4.49. The minimum Gasteiger partial charge on any atom is -0.493 e. The van der Waals surface area contributed by atoms with Crippen LogP contribution in [-0.4, -0.2) is 33.7 Å². The highest BCUT2D eigenvalue weighted by Gasteiger charge is 2.41. The zero-order valence-corrected chi connectivity index (χ0v) is 12.2. The summed E-state index contributed by atoms with van der Waals surface area (Å²) in [5.41, 5.74) is 1.07. The van der Waals surface area contributed by atoms with Gasteiger partial charge in [-0.1, -0.05) is 18.2 Å². The molecule has 1 aliphatic heterocycles. The summed E-state index contributed by atoms with van der Waals surface area (Å²) in [7, 11) is 0. The molecule has 1 atom stereocenters. The van der Waals surface area contributed by atoms with E-state index in [1.165, 1.54) is 0 Å². The summed E-state index contributed by atoms with van der Waals surface area (Å²) in [4.78, 5) is 3.56. The Balaban J connectivity index is 1.98. The maximum atomic E-state index is 6.08. The Hall–Kier alpha value is -1.53. The normalized spacial score (nSPS) is 22.1. The summed E-state index contributed by atoms with van der Waals surface area (Å²) in [6, 6.07) is 8.06. The van der Waals surface area contributed by atoms with E-state index in [0.717, 1.165) is 23.7 Å². The van der Waals surface area contributed by atoms with Gasteiger partial charge in [0.25, 0.3) is 0 Å². The van der Waals surface area contributed by atoms with Crippen molar-refractivity contribution in [3.63, 3.8) is 0 Å². The van der Waals surface area contributed by atoms with Crippen molar-refractivity contribution in [2.45, 2.75) is 18.4 Å². The van der Waals surface area contributed by atoms with Crippen LogP contribution < -0.4 is 4.74 Å². The monoisotopic (exact) mass is 291 g/mol. The largest absolute Gasteiger partial charge is 0.493 e. The third kappa shape index (κ3) is 2.53. The molecule has 3 rings (SSSR count). The number of nitrogens with zero attached hydrogens (tertiary/aromatic N) is 3. The zero-order valence-electron chi connectivity index (χ0n) is 11.4. The van der Waals surface area contributed by atoms with Gasteiger partial charge in [-0.05, 0) is 13.0 Å². The van der Waals surface area contributed by atoms with Crippen LogP contribution in [0.25, 0.3) is 0 Å². The van der Waals surface area contributed by atoms with E-state index in [-0.39, 0.29) is 0 Å². The minimum absolute atomic E-state index is 0.445. The van der Waals surface area contributed by atoms with Crippen molar-refractivity contribution in [1.29, 1.82) is 0 Å². The van der Waals surface area contributed by atoms with Gasteiger partial charge in [-0.3, -0.25) is 0 Å². The van der Waals surface area contributed by atoms with Crippen LogP contribution >= 0.6 is 11.8 Å². The van der Waals surface area contributed by atoms with Crippen molar-refractivity contribution in [3.05, 3.63) is 42.5 Å². The fraction of sp³-hybridized carbons (Fsp3) is 0.429. The molecule has 1 aliphatic rings.